The Hall–Kier alpha value is -4.34. The zero-order valence-electron chi connectivity index (χ0n) is 20.5. The van der Waals surface area contributed by atoms with Gasteiger partial charge in [-0.15, -0.1) is 0 Å². The molecule has 10 heteroatoms. The number of rotatable bonds is 10. The normalized spacial score (nSPS) is 12.6. The van der Waals surface area contributed by atoms with E-state index >= 15 is 0 Å². The number of halogens is 3. The molecule has 7 nitrogen and oxygen atoms in total. The number of benzene rings is 3. The van der Waals surface area contributed by atoms with E-state index in [4.69, 9.17) is 9.47 Å². The summed E-state index contributed by atoms with van der Waals surface area (Å²) in [5.41, 5.74) is 1.05. The minimum atomic E-state index is -4.50. The standard InChI is InChI=1S/C28H27F3N2O5/c1-37-26(35)24(17-20-12-14-22(15-13-20)28(29,30)31)32-25(34)23(16-19-8-4-2-5-9-19)33-27(36)38-18-21-10-6-3-7-11-21/h2-15,23-24H,16-18H2,1H3,(H,32,34)(H,33,36)/t23-,24-/m0/s1. The van der Waals surface area contributed by atoms with Gasteiger partial charge in [0, 0.05) is 12.8 Å². The van der Waals surface area contributed by atoms with Gasteiger partial charge in [0.25, 0.3) is 0 Å². The Balaban J connectivity index is 1.72. The number of carbonyl (C=O) groups excluding carboxylic acids is 3. The van der Waals surface area contributed by atoms with Crippen molar-refractivity contribution in [3.05, 3.63) is 107 Å². The second-order valence-electron chi connectivity index (χ2n) is 8.43. The van der Waals surface area contributed by atoms with E-state index in [9.17, 15) is 27.6 Å². The van der Waals surface area contributed by atoms with Crippen LogP contribution in [0.5, 0.6) is 0 Å². The third-order valence-corrected chi connectivity index (χ3v) is 5.63. The number of nitrogens with one attached hydrogen (secondary N) is 2. The van der Waals surface area contributed by atoms with Crippen LogP contribution in [-0.2, 0) is 44.7 Å². The summed E-state index contributed by atoms with van der Waals surface area (Å²) in [7, 11) is 1.13. The number of hydrogen-bond acceptors (Lipinski definition) is 5. The molecule has 38 heavy (non-hydrogen) atoms. The summed E-state index contributed by atoms with van der Waals surface area (Å²) >= 11 is 0. The van der Waals surface area contributed by atoms with Gasteiger partial charge in [0.15, 0.2) is 0 Å². The fraction of sp³-hybridized carbons (Fsp3) is 0.250. The van der Waals surface area contributed by atoms with E-state index < -0.39 is 41.8 Å². The lowest BCUT2D eigenvalue weighted by Gasteiger charge is -2.22. The second-order valence-corrected chi connectivity index (χ2v) is 8.43. The van der Waals surface area contributed by atoms with Crippen LogP contribution in [0.25, 0.3) is 0 Å². The van der Waals surface area contributed by atoms with Crippen molar-refractivity contribution in [2.24, 2.45) is 0 Å². The number of amides is 2. The predicted molar refractivity (Wildman–Crippen MR) is 133 cm³/mol. The summed E-state index contributed by atoms with van der Waals surface area (Å²) < 4.78 is 48.7. The van der Waals surface area contributed by atoms with E-state index in [1.165, 1.54) is 12.1 Å². The van der Waals surface area contributed by atoms with Crippen LogP contribution in [0.4, 0.5) is 18.0 Å². The zero-order valence-corrected chi connectivity index (χ0v) is 20.5. The highest BCUT2D eigenvalue weighted by molar-refractivity contribution is 5.90. The number of ether oxygens (including phenoxy) is 2. The molecule has 2 atom stereocenters. The summed E-state index contributed by atoms with van der Waals surface area (Å²) in [6.45, 7) is -0.00887. The first-order valence-corrected chi connectivity index (χ1v) is 11.7. The van der Waals surface area contributed by atoms with Crippen LogP contribution < -0.4 is 10.6 Å². The highest BCUT2D eigenvalue weighted by Crippen LogP contribution is 2.29. The Morgan fingerprint density at radius 1 is 0.737 bits per heavy atom. The van der Waals surface area contributed by atoms with Gasteiger partial charge in [-0.3, -0.25) is 4.79 Å². The van der Waals surface area contributed by atoms with E-state index in [2.05, 4.69) is 10.6 Å². The van der Waals surface area contributed by atoms with Crippen molar-refractivity contribution < 1.29 is 37.0 Å². The van der Waals surface area contributed by atoms with Gasteiger partial charge in [-0.25, -0.2) is 9.59 Å². The van der Waals surface area contributed by atoms with Gasteiger partial charge in [-0.2, -0.15) is 13.2 Å². The maximum Gasteiger partial charge on any atom is 0.416 e. The number of esters is 1. The summed E-state index contributed by atoms with van der Waals surface area (Å²) in [4.78, 5) is 38.1. The van der Waals surface area contributed by atoms with Gasteiger partial charge < -0.3 is 20.1 Å². The number of hydrogen-bond donors (Lipinski definition) is 2. The third kappa shape index (κ3) is 8.65. The lowest BCUT2D eigenvalue weighted by atomic mass is 10.0. The molecule has 200 valence electrons. The van der Waals surface area contributed by atoms with Gasteiger partial charge in [-0.05, 0) is 28.8 Å². The van der Waals surface area contributed by atoms with Gasteiger partial charge in [0.2, 0.25) is 5.91 Å². The monoisotopic (exact) mass is 528 g/mol. The van der Waals surface area contributed by atoms with Crippen LogP contribution in [0.3, 0.4) is 0 Å². The Morgan fingerprint density at radius 3 is 1.82 bits per heavy atom. The first kappa shape index (κ1) is 28.2. The third-order valence-electron chi connectivity index (χ3n) is 5.63. The Morgan fingerprint density at radius 2 is 1.26 bits per heavy atom. The molecule has 2 amide bonds. The van der Waals surface area contributed by atoms with Crippen molar-refractivity contribution in [2.45, 2.75) is 37.7 Å². The van der Waals surface area contributed by atoms with Crippen molar-refractivity contribution in [2.75, 3.05) is 7.11 Å². The lowest BCUT2D eigenvalue weighted by Crippen LogP contribution is -2.53. The smallest absolute Gasteiger partial charge is 0.416 e. The molecule has 0 aliphatic rings. The van der Waals surface area contributed by atoms with Crippen molar-refractivity contribution in [1.29, 1.82) is 0 Å². The molecule has 0 heterocycles. The average molecular weight is 529 g/mol. The molecule has 3 aromatic carbocycles. The average Bonchev–Trinajstić information content (AvgIpc) is 2.91. The molecule has 3 rings (SSSR count). The number of methoxy groups -OCH3 is 1. The van der Waals surface area contributed by atoms with Crippen LogP contribution in [0.15, 0.2) is 84.9 Å². The summed E-state index contributed by atoms with van der Waals surface area (Å²) in [6, 6.07) is 19.8. The molecule has 0 saturated heterocycles. The fourth-order valence-electron chi connectivity index (χ4n) is 3.64. The Bertz CT molecular complexity index is 1200. The lowest BCUT2D eigenvalue weighted by molar-refractivity contribution is -0.145. The molecule has 0 unspecified atom stereocenters. The molecule has 0 bridgehead atoms. The van der Waals surface area contributed by atoms with Crippen LogP contribution in [0.1, 0.15) is 22.3 Å². The van der Waals surface area contributed by atoms with Crippen molar-refractivity contribution in [3.8, 4) is 0 Å². The molecule has 3 aromatic rings. The van der Waals surface area contributed by atoms with Crippen molar-refractivity contribution >= 4 is 18.0 Å². The van der Waals surface area contributed by atoms with E-state index in [1.54, 1.807) is 54.6 Å². The molecule has 2 N–H and O–H groups in total. The van der Waals surface area contributed by atoms with Crippen LogP contribution in [0, 0.1) is 0 Å². The molecule has 0 radical (unpaired) electrons. The van der Waals surface area contributed by atoms with Crippen LogP contribution >= 0.6 is 0 Å². The van der Waals surface area contributed by atoms with Gasteiger partial charge in [-0.1, -0.05) is 72.8 Å². The second kappa shape index (κ2) is 13.3. The summed E-state index contributed by atoms with van der Waals surface area (Å²) in [5.74, 6) is -1.48. The Kier molecular flexibility index (Phi) is 9.86. The molecular weight excluding hydrogens is 501 g/mol. The first-order valence-electron chi connectivity index (χ1n) is 11.7. The zero-order chi connectivity index (χ0) is 27.5. The van der Waals surface area contributed by atoms with Gasteiger partial charge in [0.05, 0.1) is 12.7 Å². The van der Waals surface area contributed by atoms with Crippen LogP contribution in [0.2, 0.25) is 0 Å². The topological polar surface area (TPSA) is 93.7 Å². The van der Waals surface area contributed by atoms with Crippen molar-refractivity contribution in [3.63, 3.8) is 0 Å². The van der Waals surface area contributed by atoms with E-state index in [-0.39, 0.29) is 19.4 Å². The molecule has 0 fully saturated rings. The minimum Gasteiger partial charge on any atom is -0.467 e. The van der Waals surface area contributed by atoms with Gasteiger partial charge >= 0.3 is 18.2 Å². The summed E-state index contributed by atoms with van der Waals surface area (Å²) in [6.07, 6.45) is -5.35. The molecule has 0 aromatic heterocycles. The highest BCUT2D eigenvalue weighted by atomic mass is 19.4. The molecule has 0 spiro atoms. The Labute approximate surface area is 218 Å². The van der Waals surface area contributed by atoms with Gasteiger partial charge in [0.1, 0.15) is 18.7 Å². The number of alkyl halides is 3. The maximum atomic E-state index is 13.2. The van der Waals surface area contributed by atoms with Crippen LogP contribution in [-0.4, -0.2) is 37.2 Å². The molecule has 0 saturated carbocycles. The fourth-order valence-corrected chi connectivity index (χ4v) is 3.64. The molecule has 0 aliphatic carbocycles. The van der Waals surface area contributed by atoms with E-state index in [0.29, 0.717) is 5.56 Å². The minimum absolute atomic E-state index is 0.00887. The SMILES string of the molecule is COC(=O)[C@H](Cc1ccc(C(F)(F)F)cc1)NC(=O)[C@H](Cc1ccccc1)NC(=O)OCc1ccccc1. The highest BCUT2D eigenvalue weighted by Gasteiger charge is 2.31. The number of carbonyl (C=O) groups is 3. The molecule has 0 aliphatic heterocycles. The maximum absolute atomic E-state index is 13.2. The van der Waals surface area contributed by atoms with E-state index in [0.717, 1.165) is 30.4 Å². The largest absolute Gasteiger partial charge is 0.467 e. The predicted octanol–water partition coefficient (Wildman–Crippen LogP) is 4.44. The quantitative estimate of drug-likeness (QED) is 0.380. The van der Waals surface area contributed by atoms with E-state index in [1.807, 2.05) is 6.07 Å². The summed E-state index contributed by atoms with van der Waals surface area (Å²) in [5, 5.41) is 5.09. The first-order chi connectivity index (χ1) is 18.2. The molecular formula is C28H27F3N2O5. The van der Waals surface area contributed by atoms with Crippen molar-refractivity contribution in [1.82, 2.24) is 10.6 Å². The number of alkyl carbamates (subject to hydrolysis) is 1.